The van der Waals surface area contributed by atoms with Crippen molar-refractivity contribution in [1.29, 1.82) is 0 Å². The van der Waals surface area contributed by atoms with Crippen LogP contribution in [0.1, 0.15) is 23.0 Å². The molecule has 10 nitrogen and oxygen atoms in total. The Kier molecular flexibility index (Phi) is 6.78. The molecule has 172 valence electrons. The van der Waals surface area contributed by atoms with E-state index in [0.717, 1.165) is 5.56 Å². The van der Waals surface area contributed by atoms with Crippen molar-refractivity contribution in [3.8, 4) is 23.1 Å². The van der Waals surface area contributed by atoms with Crippen LogP contribution in [-0.2, 0) is 6.54 Å². The Labute approximate surface area is 194 Å². The minimum absolute atomic E-state index is 0.0163. The third kappa shape index (κ3) is 5.36. The number of non-ortho nitro benzene ring substituents is 1. The fourth-order valence-corrected chi connectivity index (χ4v) is 3.09. The van der Waals surface area contributed by atoms with Gasteiger partial charge >= 0.3 is 0 Å². The van der Waals surface area contributed by atoms with Crippen LogP contribution in [0.2, 0.25) is 0 Å². The number of aromatic nitrogens is 3. The Balaban J connectivity index is 1.34. The molecule has 0 aliphatic rings. The lowest BCUT2D eigenvalue weighted by atomic mass is 10.2. The van der Waals surface area contributed by atoms with Crippen LogP contribution in [0.4, 0.5) is 5.69 Å². The summed E-state index contributed by atoms with van der Waals surface area (Å²) in [6.07, 6.45) is 3.23. The van der Waals surface area contributed by atoms with Gasteiger partial charge < -0.3 is 14.8 Å². The van der Waals surface area contributed by atoms with Crippen molar-refractivity contribution in [3.05, 3.63) is 100 Å². The molecule has 10 heteroatoms. The number of nitrogens with one attached hydrogen (secondary N) is 1. The van der Waals surface area contributed by atoms with Crippen molar-refractivity contribution < 1.29 is 19.2 Å². The highest BCUT2D eigenvalue weighted by atomic mass is 16.6. The SMILES string of the molecule is CCOc1ccccc1Oc1ccc(CNC(=O)c2ccn(-c3ccc([N+](=O)[O-])cc3)n2)cn1. The summed E-state index contributed by atoms with van der Waals surface area (Å²) in [6, 6.07) is 18.3. The summed E-state index contributed by atoms with van der Waals surface area (Å²) in [5.41, 5.74) is 1.60. The van der Waals surface area contributed by atoms with Gasteiger partial charge in [-0.2, -0.15) is 5.10 Å². The van der Waals surface area contributed by atoms with Crippen LogP contribution in [0.25, 0.3) is 5.69 Å². The van der Waals surface area contributed by atoms with Crippen molar-refractivity contribution in [3.63, 3.8) is 0 Å². The maximum atomic E-state index is 12.5. The molecule has 0 saturated heterocycles. The summed E-state index contributed by atoms with van der Waals surface area (Å²) in [6.45, 7) is 2.68. The molecule has 0 aliphatic heterocycles. The third-order valence-electron chi connectivity index (χ3n) is 4.76. The zero-order valence-corrected chi connectivity index (χ0v) is 18.2. The number of nitrogens with zero attached hydrogens (tertiary/aromatic N) is 4. The Morgan fingerprint density at radius 2 is 1.82 bits per heavy atom. The normalized spacial score (nSPS) is 10.5. The predicted molar refractivity (Wildman–Crippen MR) is 123 cm³/mol. The largest absolute Gasteiger partial charge is 0.490 e. The number of pyridine rings is 1. The summed E-state index contributed by atoms with van der Waals surface area (Å²) in [7, 11) is 0. The number of carbonyl (C=O) groups is 1. The summed E-state index contributed by atoms with van der Waals surface area (Å²) in [5, 5.41) is 17.8. The third-order valence-corrected chi connectivity index (χ3v) is 4.76. The van der Waals surface area contributed by atoms with Gasteiger partial charge in [-0.15, -0.1) is 0 Å². The first kappa shape index (κ1) is 22.5. The van der Waals surface area contributed by atoms with E-state index in [4.69, 9.17) is 9.47 Å². The molecule has 1 N–H and O–H groups in total. The smallest absolute Gasteiger partial charge is 0.272 e. The van der Waals surface area contributed by atoms with Gasteiger partial charge in [0.2, 0.25) is 5.88 Å². The molecule has 0 bridgehead atoms. The molecular weight excluding hydrogens is 438 g/mol. The number of hydrogen-bond acceptors (Lipinski definition) is 7. The monoisotopic (exact) mass is 459 g/mol. The maximum absolute atomic E-state index is 12.5. The van der Waals surface area contributed by atoms with Gasteiger partial charge in [-0.3, -0.25) is 14.9 Å². The van der Waals surface area contributed by atoms with Crippen molar-refractivity contribution in [1.82, 2.24) is 20.1 Å². The molecule has 1 amide bonds. The minimum atomic E-state index is -0.473. The van der Waals surface area contributed by atoms with Crippen LogP contribution in [0.5, 0.6) is 17.4 Å². The highest BCUT2D eigenvalue weighted by molar-refractivity contribution is 5.92. The van der Waals surface area contributed by atoms with E-state index in [1.54, 1.807) is 48.8 Å². The molecule has 2 aromatic carbocycles. The second-order valence-corrected chi connectivity index (χ2v) is 7.09. The second-order valence-electron chi connectivity index (χ2n) is 7.09. The highest BCUT2D eigenvalue weighted by Crippen LogP contribution is 2.30. The fraction of sp³-hybridized carbons (Fsp3) is 0.125. The number of nitro groups is 1. The number of carbonyl (C=O) groups excluding carboxylic acids is 1. The van der Waals surface area contributed by atoms with E-state index < -0.39 is 4.92 Å². The van der Waals surface area contributed by atoms with E-state index in [2.05, 4.69) is 15.4 Å². The molecule has 2 heterocycles. The lowest BCUT2D eigenvalue weighted by Crippen LogP contribution is -2.23. The second kappa shape index (κ2) is 10.3. The number of nitro benzene ring substituents is 1. The molecule has 0 atom stereocenters. The van der Waals surface area contributed by atoms with Crippen LogP contribution in [0, 0.1) is 10.1 Å². The summed E-state index contributed by atoms with van der Waals surface area (Å²) in [5.74, 6) is 1.26. The first-order valence-corrected chi connectivity index (χ1v) is 10.5. The molecule has 0 unspecified atom stereocenters. The number of amides is 1. The maximum Gasteiger partial charge on any atom is 0.272 e. The number of ether oxygens (including phenoxy) is 2. The number of hydrogen-bond donors (Lipinski definition) is 1. The van der Waals surface area contributed by atoms with Gasteiger partial charge in [0.05, 0.1) is 17.2 Å². The molecule has 0 radical (unpaired) electrons. The van der Waals surface area contributed by atoms with Crippen molar-refractivity contribution in [2.45, 2.75) is 13.5 Å². The average Bonchev–Trinajstić information content (AvgIpc) is 3.35. The summed E-state index contributed by atoms with van der Waals surface area (Å²) in [4.78, 5) is 27.1. The standard InChI is InChI=1S/C24H21N5O5/c1-2-33-21-5-3-4-6-22(21)34-23-12-7-17(15-25-23)16-26-24(30)20-13-14-28(27-20)18-8-10-19(11-9-18)29(31)32/h3-15H,2,16H2,1H3,(H,26,30). The number of rotatable bonds is 9. The van der Waals surface area contributed by atoms with E-state index >= 15 is 0 Å². The predicted octanol–water partition coefficient (Wildman–Crippen LogP) is 4.30. The number of para-hydroxylation sites is 2. The van der Waals surface area contributed by atoms with Gasteiger partial charge in [-0.25, -0.2) is 9.67 Å². The van der Waals surface area contributed by atoms with Crippen molar-refractivity contribution >= 4 is 11.6 Å². The van der Waals surface area contributed by atoms with E-state index in [-0.39, 0.29) is 23.8 Å². The zero-order chi connectivity index (χ0) is 23.9. The Morgan fingerprint density at radius 1 is 1.06 bits per heavy atom. The van der Waals surface area contributed by atoms with E-state index in [1.807, 2.05) is 25.1 Å². The van der Waals surface area contributed by atoms with E-state index in [1.165, 1.54) is 16.8 Å². The van der Waals surface area contributed by atoms with Gasteiger partial charge in [0.15, 0.2) is 17.2 Å². The van der Waals surface area contributed by atoms with Crippen molar-refractivity contribution in [2.24, 2.45) is 0 Å². The zero-order valence-electron chi connectivity index (χ0n) is 18.2. The number of benzene rings is 2. The Bertz CT molecular complexity index is 1290. The van der Waals surface area contributed by atoms with Gasteiger partial charge in [0, 0.05) is 37.1 Å². The lowest BCUT2D eigenvalue weighted by Gasteiger charge is -2.11. The minimum Gasteiger partial charge on any atom is -0.490 e. The highest BCUT2D eigenvalue weighted by Gasteiger charge is 2.12. The molecule has 0 aliphatic carbocycles. The molecule has 4 rings (SSSR count). The average molecular weight is 459 g/mol. The molecule has 4 aromatic rings. The van der Waals surface area contributed by atoms with Crippen LogP contribution in [0.3, 0.4) is 0 Å². The summed E-state index contributed by atoms with van der Waals surface area (Å²) >= 11 is 0. The molecule has 0 fully saturated rings. The quantitative estimate of drug-likeness (QED) is 0.293. The van der Waals surface area contributed by atoms with Gasteiger partial charge in [0.25, 0.3) is 11.6 Å². The Morgan fingerprint density at radius 3 is 2.50 bits per heavy atom. The summed E-state index contributed by atoms with van der Waals surface area (Å²) < 4.78 is 12.8. The lowest BCUT2D eigenvalue weighted by molar-refractivity contribution is -0.384. The van der Waals surface area contributed by atoms with Gasteiger partial charge in [-0.05, 0) is 42.8 Å². The Hall–Kier alpha value is -4.73. The fourth-order valence-electron chi connectivity index (χ4n) is 3.09. The van der Waals surface area contributed by atoms with Crippen LogP contribution >= 0.6 is 0 Å². The van der Waals surface area contributed by atoms with Crippen molar-refractivity contribution in [2.75, 3.05) is 6.61 Å². The van der Waals surface area contributed by atoms with Crippen LogP contribution in [-0.4, -0.2) is 32.2 Å². The van der Waals surface area contributed by atoms with Crippen LogP contribution < -0.4 is 14.8 Å². The molecule has 2 aromatic heterocycles. The first-order valence-electron chi connectivity index (χ1n) is 10.5. The van der Waals surface area contributed by atoms with Crippen LogP contribution in [0.15, 0.2) is 79.1 Å². The van der Waals surface area contributed by atoms with Gasteiger partial charge in [-0.1, -0.05) is 18.2 Å². The first-order chi connectivity index (χ1) is 16.5. The molecule has 34 heavy (non-hydrogen) atoms. The molecular formula is C24H21N5O5. The topological polar surface area (TPSA) is 121 Å². The van der Waals surface area contributed by atoms with E-state index in [0.29, 0.717) is 29.7 Å². The molecule has 0 spiro atoms. The van der Waals surface area contributed by atoms with Gasteiger partial charge in [0.1, 0.15) is 0 Å². The van der Waals surface area contributed by atoms with E-state index in [9.17, 15) is 14.9 Å². The molecule has 0 saturated carbocycles.